The van der Waals surface area contributed by atoms with Crippen molar-refractivity contribution in [3.05, 3.63) is 0 Å². The van der Waals surface area contributed by atoms with Crippen molar-refractivity contribution >= 4 is 15.7 Å². The van der Waals surface area contributed by atoms with Gasteiger partial charge in [-0.15, -0.1) is 0 Å². The molecule has 2 radical (unpaired) electrons. The zero-order valence-electron chi connectivity index (χ0n) is 6.38. The first-order chi connectivity index (χ1) is 4.45. The molecule has 0 saturated heterocycles. The number of hydrogen-bond donors (Lipinski definition) is 2. The van der Waals surface area contributed by atoms with E-state index < -0.39 is 20.8 Å². The number of carbonyl (C=O) groups is 1. The zero-order valence-corrected chi connectivity index (χ0v) is 7.38. The van der Waals surface area contributed by atoms with Crippen molar-refractivity contribution in [3.63, 3.8) is 0 Å². The minimum absolute atomic E-state index is 0.0340. The van der Waals surface area contributed by atoms with Gasteiger partial charge in [-0.05, 0) is 12.8 Å². The molecular weight excluding hydrogens is 148 g/mol. The molecule has 0 rings (SSSR count). The van der Waals surface area contributed by atoms with Gasteiger partial charge < -0.3 is 9.90 Å². The van der Waals surface area contributed by atoms with E-state index in [4.69, 9.17) is 9.90 Å². The van der Waals surface area contributed by atoms with Crippen LogP contribution in [-0.4, -0.2) is 25.6 Å². The highest BCUT2D eigenvalue weighted by molar-refractivity contribution is 6.38. The molecular formula is C6H12O3Si. The Labute approximate surface area is 63.0 Å². The molecule has 0 aliphatic carbocycles. The minimum atomic E-state index is -0.958. The van der Waals surface area contributed by atoms with Crippen molar-refractivity contribution in [2.75, 3.05) is 0 Å². The lowest BCUT2D eigenvalue weighted by molar-refractivity contribution is -0.141. The van der Waals surface area contributed by atoms with Crippen LogP contribution >= 0.6 is 0 Å². The number of carboxylic acid groups (broad SMARTS) is 1. The molecule has 0 amide bonds. The highest BCUT2D eigenvalue weighted by Crippen LogP contribution is 2.32. The van der Waals surface area contributed by atoms with Crippen LogP contribution in [0.25, 0.3) is 0 Å². The molecule has 2 N–H and O–H groups in total. The van der Waals surface area contributed by atoms with Gasteiger partial charge in [-0.3, -0.25) is 4.79 Å². The molecule has 0 aromatic rings. The highest BCUT2D eigenvalue weighted by Gasteiger charge is 2.37. The molecule has 0 bridgehead atoms. The number of hydrogen-bond acceptors (Lipinski definition) is 2. The second-order valence-electron chi connectivity index (χ2n) is 2.77. The quantitative estimate of drug-likeness (QED) is 0.592. The molecule has 0 saturated carbocycles. The summed E-state index contributed by atoms with van der Waals surface area (Å²) in [5.41, 5.74) is 0. The second kappa shape index (κ2) is 3.16. The van der Waals surface area contributed by atoms with Crippen molar-refractivity contribution in [2.24, 2.45) is 5.92 Å². The summed E-state index contributed by atoms with van der Waals surface area (Å²) in [5.74, 6) is -0.961. The summed E-state index contributed by atoms with van der Waals surface area (Å²) in [4.78, 5) is 19.3. The van der Waals surface area contributed by atoms with E-state index in [1.807, 2.05) is 0 Å². The van der Waals surface area contributed by atoms with E-state index in [0.29, 0.717) is 0 Å². The van der Waals surface area contributed by atoms with Crippen LogP contribution in [-0.2, 0) is 4.79 Å². The van der Waals surface area contributed by atoms with Crippen LogP contribution in [0.2, 0.25) is 5.04 Å². The maximum atomic E-state index is 10.5. The van der Waals surface area contributed by atoms with E-state index in [1.165, 1.54) is 0 Å². The summed E-state index contributed by atoms with van der Waals surface area (Å²) in [6.45, 7) is 5.13. The third-order valence-corrected chi connectivity index (χ3v) is 3.09. The van der Waals surface area contributed by atoms with Gasteiger partial charge in [0.15, 0.2) is 0 Å². The average Bonchev–Trinajstić information content (AvgIpc) is 1.85. The molecule has 4 heteroatoms. The van der Waals surface area contributed by atoms with Crippen LogP contribution in [0, 0.1) is 5.92 Å². The first-order valence-corrected chi connectivity index (χ1v) is 4.04. The third-order valence-electron chi connectivity index (χ3n) is 1.83. The molecule has 0 spiro atoms. The van der Waals surface area contributed by atoms with Gasteiger partial charge in [0.25, 0.3) is 0 Å². The van der Waals surface area contributed by atoms with E-state index in [0.717, 1.165) is 0 Å². The van der Waals surface area contributed by atoms with E-state index in [9.17, 15) is 4.79 Å². The van der Waals surface area contributed by atoms with E-state index in [-0.39, 0.29) is 5.92 Å². The van der Waals surface area contributed by atoms with Gasteiger partial charge in [-0.1, -0.05) is 13.8 Å². The SMILES string of the molecule is CC(C)C(C)([Si]O)C(=O)O. The van der Waals surface area contributed by atoms with Crippen LogP contribution in [0.3, 0.4) is 0 Å². The lowest BCUT2D eigenvalue weighted by Crippen LogP contribution is -2.31. The maximum absolute atomic E-state index is 10.5. The number of carboxylic acids is 1. The molecule has 10 heavy (non-hydrogen) atoms. The van der Waals surface area contributed by atoms with Crippen molar-refractivity contribution in [1.29, 1.82) is 0 Å². The zero-order chi connectivity index (χ0) is 8.36. The molecule has 0 aromatic carbocycles. The molecule has 58 valence electrons. The van der Waals surface area contributed by atoms with Crippen molar-refractivity contribution in [3.8, 4) is 0 Å². The third kappa shape index (κ3) is 1.57. The average molecular weight is 160 g/mol. The van der Waals surface area contributed by atoms with E-state index >= 15 is 0 Å². The predicted octanol–water partition coefficient (Wildman–Crippen LogP) is 0.517. The Morgan fingerprint density at radius 2 is 2.00 bits per heavy atom. The molecule has 0 aromatic heterocycles. The Balaban J connectivity index is 4.38. The summed E-state index contributed by atoms with van der Waals surface area (Å²) >= 11 is 0. The number of rotatable bonds is 3. The lowest BCUT2D eigenvalue weighted by atomic mass is 9.97. The summed E-state index contributed by atoms with van der Waals surface area (Å²) < 4.78 is 0. The first-order valence-electron chi connectivity index (χ1n) is 3.09. The maximum Gasteiger partial charge on any atom is 0.308 e. The Hall–Kier alpha value is -0.353. The Kier molecular flexibility index (Phi) is 3.05. The summed E-state index contributed by atoms with van der Waals surface area (Å²) in [6.07, 6.45) is 0. The van der Waals surface area contributed by atoms with E-state index in [2.05, 4.69) is 0 Å². The van der Waals surface area contributed by atoms with Gasteiger partial charge in [-0.25, -0.2) is 0 Å². The van der Waals surface area contributed by atoms with E-state index in [1.54, 1.807) is 20.8 Å². The monoisotopic (exact) mass is 160 g/mol. The standard InChI is InChI=1S/C6H12O3Si/c1-4(2)6(3,10-9)5(7)8/h4,9H,1-3H3,(H,7,8). The van der Waals surface area contributed by atoms with Crippen LogP contribution in [0.1, 0.15) is 20.8 Å². The Morgan fingerprint density at radius 3 is 2.00 bits per heavy atom. The molecule has 0 fully saturated rings. The van der Waals surface area contributed by atoms with Gasteiger partial charge >= 0.3 is 5.97 Å². The van der Waals surface area contributed by atoms with Crippen molar-refractivity contribution in [1.82, 2.24) is 0 Å². The second-order valence-corrected chi connectivity index (χ2v) is 4.04. The fraction of sp³-hybridized carbons (Fsp3) is 0.833. The van der Waals surface area contributed by atoms with Gasteiger partial charge in [0.05, 0.1) is 5.04 Å². The Morgan fingerprint density at radius 1 is 1.60 bits per heavy atom. The van der Waals surface area contributed by atoms with Gasteiger partial charge in [0.2, 0.25) is 9.76 Å². The molecule has 1 unspecified atom stereocenters. The fourth-order valence-electron chi connectivity index (χ4n) is 0.424. The largest absolute Gasteiger partial charge is 0.481 e. The van der Waals surface area contributed by atoms with Gasteiger partial charge in [0, 0.05) is 0 Å². The molecule has 3 nitrogen and oxygen atoms in total. The topological polar surface area (TPSA) is 57.5 Å². The molecule has 0 aliphatic rings. The van der Waals surface area contributed by atoms with Gasteiger partial charge in [-0.2, -0.15) is 0 Å². The minimum Gasteiger partial charge on any atom is -0.481 e. The van der Waals surface area contributed by atoms with Crippen LogP contribution in [0.5, 0.6) is 0 Å². The lowest BCUT2D eigenvalue weighted by Gasteiger charge is -2.24. The van der Waals surface area contributed by atoms with Crippen LogP contribution < -0.4 is 0 Å². The van der Waals surface area contributed by atoms with Crippen molar-refractivity contribution in [2.45, 2.75) is 25.8 Å². The fourth-order valence-corrected chi connectivity index (χ4v) is 0.778. The summed E-state index contributed by atoms with van der Waals surface area (Å²) in [6, 6.07) is 0. The molecule has 1 atom stereocenters. The Bertz CT molecular complexity index is 135. The van der Waals surface area contributed by atoms with Gasteiger partial charge in [0.1, 0.15) is 0 Å². The first kappa shape index (κ1) is 9.65. The van der Waals surface area contributed by atoms with Crippen LogP contribution in [0.15, 0.2) is 0 Å². The normalized spacial score (nSPS) is 16.9. The summed E-state index contributed by atoms with van der Waals surface area (Å²) in [7, 11) is -0.537. The smallest absolute Gasteiger partial charge is 0.308 e. The molecule has 0 aliphatic heterocycles. The van der Waals surface area contributed by atoms with Crippen LogP contribution in [0.4, 0.5) is 0 Å². The number of aliphatic carboxylic acids is 1. The highest BCUT2D eigenvalue weighted by atomic mass is 28.2. The summed E-state index contributed by atoms with van der Waals surface area (Å²) in [5, 5.41) is 7.69. The predicted molar refractivity (Wildman–Crippen MR) is 38.8 cm³/mol. The molecule has 0 heterocycles. The van der Waals surface area contributed by atoms with Crippen molar-refractivity contribution < 1.29 is 14.7 Å².